The van der Waals surface area contributed by atoms with Gasteiger partial charge in [0.05, 0.1) is 18.2 Å². The van der Waals surface area contributed by atoms with Gasteiger partial charge in [-0.15, -0.1) is 11.3 Å². The van der Waals surface area contributed by atoms with Gasteiger partial charge in [-0.1, -0.05) is 23.2 Å². The van der Waals surface area contributed by atoms with Gasteiger partial charge in [-0.2, -0.15) is 0 Å². The summed E-state index contributed by atoms with van der Waals surface area (Å²) in [7, 11) is 1.35. The lowest BCUT2D eigenvalue weighted by atomic mass is 10.1. The van der Waals surface area contributed by atoms with Crippen LogP contribution < -0.4 is 0 Å². The Morgan fingerprint density at radius 2 is 2.25 bits per heavy atom. The van der Waals surface area contributed by atoms with Crippen molar-refractivity contribution in [3.8, 4) is 0 Å². The third kappa shape index (κ3) is 2.67. The summed E-state index contributed by atoms with van der Waals surface area (Å²) < 4.78 is 0.415. The molecule has 2 unspecified atom stereocenters. The number of hydroxylamine groups is 2. The topological polar surface area (TPSA) is 49.8 Å². The maximum absolute atomic E-state index is 10.6. The van der Waals surface area contributed by atoms with Gasteiger partial charge in [0.2, 0.25) is 6.41 Å². The molecule has 90 valence electrons. The van der Waals surface area contributed by atoms with Gasteiger partial charge in [-0.25, -0.2) is 5.06 Å². The van der Waals surface area contributed by atoms with Gasteiger partial charge in [0, 0.05) is 5.56 Å². The Hall–Kier alpha value is -0.330. The fourth-order valence-electron chi connectivity index (χ4n) is 1.24. The predicted molar refractivity (Wildman–Crippen MR) is 63.7 cm³/mol. The van der Waals surface area contributed by atoms with Gasteiger partial charge in [0.1, 0.15) is 10.4 Å². The van der Waals surface area contributed by atoms with Crippen LogP contribution in [0.4, 0.5) is 0 Å². The first-order chi connectivity index (χ1) is 7.52. The van der Waals surface area contributed by atoms with Crippen molar-refractivity contribution in [1.29, 1.82) is 0 Å². The molecular formula is C9H11Cl2NO3S. The van der Waals surface area contributed by atoms with Crippen LogP contribution in [0.2, 0.25) is 9.36 Å². The van der Waals surface area contributed by atoms with E-state index in [1.807, 2.05) is 0 Å². The number of carbonyl (C=O) groups is 1. The van der Waals surface area contributed by atoms with E-state index in [0.717, 1.165) is 5.06 Å². The highest BCUT2D eigenvalue weighted by molar-refractivity contribution is 7.15. The van der Waals surface area contributed by atoms with Gasteiger partial charge < -0.3 is 5.11 Å². The molecule has 1 amide bonds. The van der Waals surface area contributed by atoms with E-state index in [1.165, 1.54) is 18.4 Å². The van der Waals surface area contributed by atoms with Crippen molar-refractivity contribution in [2.75, 3.05) is 7.11 Å². The second-order valence-electron chi connectivity index (χ2n) is 3.11. The number of rotatable bonds is 5. The molecule has 0 aliphatic carbocycles. The van der Waals surface area contributed by atoms with E-state index in [0.29, 0.717) is 21.3 Å². The average Bonchev–Trinajstić information content (AvgIpc) is 2.60. The molecule has 7 heteroatoms. The Labute approximate surface area is 107 Å². The lowest BCUT2D eigenvalue weighted by molar-refractivity contribution is -0.183. The highest BCUT2D eigenvalue weighted by Crippen LogP contribution is 2.37. The highest BCUT2D eigenvalue weighted by Gasteiger charge is 2.26. The first-order valence-corrected chi connectivity index (χ1v) is 6.04. The zero-order chi connectivity index (χ0) is 12.3. The highest BCUT2D eigenvalue weighted by atomic mass is 35.5. The SMILES string of the molecule is CON(C=O)C(C)C(O)c1csc(Cl)c1Cl. The first kappa shape index (κ1) is 13.7. The summed E-state index contributed by atoms with van der Waals surface area (Å²) in [6.07, 6.45) is -0.447. The van der Waals surface area contributed by atoms with Crippen LogP contribution in [-0.4, -0.2) is 29.7 Å². The van der Waals surface area contributed by atoms with Gasteiger partial charge in [-0.05, 0) is 12.3 Å². The second kappa shape index (κ2) is 5.84. The monoisotopic (exact) mass is 283 g/mol. The number of aliphatic hydroxyl groups is 1. The van der Waals surface area contributed by atoms with E-state index in [2.05, 4.69) is 0 Å². The van der Waals surface area contributed by atoms with Crippen LogP contribution in [0.3, 0.4) is 0 Å². The van der Waals surface area contributed by atoms with Crippen LogP contribution in [0, 0.1) is 0 Å². The standard InChI is InChI=1S/C9H11Cl2NO3S/c1-5(12(4-13)15-2)8(14)6-3-16-9(11)7(6)10/h3-5,8,14H,1-2H3. The smallest absolute Gasteiger partial charge is 0.233 e. The van der Waals surface area contributed by atoms with Crippen LogP contribution in [0.1, 0.15) is 18.6 Å². The van der Waals surface area contributed by atoms with Crippen molar-refractivity contribution < 1.29 is 14.7 Å². The number of hydrogen-bond donors (Lipinski definition) is 1. The van der Waals surface area contributed by atoms with Crippen LogP contribution in [0.5, 0.6) is 0 Å². The fraction of sp³-hybridized carbons (Fsp3) is 0.444. The number of aliphatic hydroxyl groups excluding tert-OH is 1. The van der Waals surface area contributed by atoms with Crippen molar-refractivity contribution in [2.24, 2.45) is 0 Å². The van der Waals surface area contributed by atoms with E-state index in [-0.39, 0.29) is 0 Å². The van der Waals surface area contributed by atoms with Gasteiger partial charge >= 0.3 is 0 Å². The molecule has 1 aromatic rings. The number of thiophene rings is 1. The summed E-state index contributed by atoms with van der Waals surface area (Å²) in [5.41, 5.74) is 0.494. The Morgan fingerprint density at radius 3 is 2.62 bits per heavy atom. The summed E-state index contributed by atoms with van der Waals surface area (Å²) in [6.45, 7) is 1.64. The number of hydrogen-bond acceptors (Lipinski definition) is 4. The Kier molecular flexibility index (Phi) is 5.01. The molecule has 0 saturated heterocycles. The predicted octanol–water partition coefficient (Wildman–Crippen LogP) is 2.50. The molecule has 0 aliphatic heterocycles. The molecule has 1 rings (SSSR count). The summed E-state index contributed by atoms with van der Waals surface area (Å²) >= 11 is 12.9. The van der Waals surface area contributed by atoms with E-state index >= 15 is 0 Å². The van der Waals surface area contributed by atoms with Gasteiger partial charge in [0.25, 0.3) is 0 Å². The van der Waals surface area contributed by atoms with Crippen molar-refractivity contribution in [3.63, 3.8) is 0 Å². The molecule has 0 saturated carbocycles. The van der Waals surface area contributed by atoms with Crippen LogP contribution in [0.25, 0.3) is 0 Å². The second-order valence-corrected chi connectivity index (χ2v) is 4.97. The number of carbonyl (C=O) groups excluding carboxylic acids is 1. The van der Waals surface area contributed by atoms with Crippen molar-refractivity contribution in [2.45, 2.75) is 19.1 Å². The van der Waals surface area contributed by atoms with Crippen molar-refractivity contribution in [1.82, 2.24) is 5.06 Å². The molecular weight excluding hydrogens is 273 g/mol. The number of nitrogens with zero attached hydrogens (tertiary/aromatic N) is 1. The molecule has 1 N–H and O–H groups in total. The minimum absolute atomic E-state index is 0.313. The molecule has 0 bridgehead atoms. The van der Waals surface area contributed by atoms with E-state index in [9.17, 15) is 9.90 Å². The third-order valence-corrected chi connectivity index (χ3v) is 4.06. The summed E-state index contributed by atoms with van der Waals surface area (Å²) in [5, 5.41) is 13.0. The molecule has 0 spiro atoms. The molecule has 2 atom stereocenters. The molecule has 1 heterocycles. The first-order valence-electron chi connectivity index (χ1n) is 4.41. The third-order valence-electron chi connectivity index (χ3n) is 2.21. The molecule has 1 aromatic heterocycles. The minimum atomic E-state index is -0.943. The Bertz CT molecular complexity index is 372. The largest absolute Gasteiger partial charge is 0.386 e. The van der Waals surface area contributed by atoms with Crippen molar-refractivity contribution >= 4 is 40.9 Å². The van der Waals surface area contributed by atoms with Gasteiger partial charge in [0.15, 0.2) is 0 Å². The maximum Gasteiger partial charge on any atom is 0.233 e. The Morgan fingerprint density at radius 1 is 1.62 bits per heavy atom. The lowest BCUT2D eigenvalue weighted by Gasteiger charge is -2.26. The van der Waals surface area contributed by atoms with Crippen molar-refractivity contribution in [3.05, 3.63) is 20.3 Å². The summed E-state index contributed by atoms with van der Waals surface area (Å²) in [6, 6.07) is -0.550. The number of amides is 1. The van der Waals surface area contributed by atoms with E-state index in [4.69, 9.17) is 28.0 Å². The van der Waals surface area contributed by atoms with E-state index < -0.39 is 12.1 Å². The van der Waals surface area contributed by atoms with Crippen LogP contribution in [-0.2, 0) is 9.63 Å². The molecule has 0 aliphatic rings. The summed E-state index contributed by atoms with van der Waals surface area (Å²) in [5.74, 6) is 0. The Balaban J connectivity index is 2.89. The lowest BCUT2D eigenvalue weighted by Crippen LogP contribution is -2.35. The molecule has 16 heavy (non-hydrogen) atoms. The molecule has 0 fully saturated rings. The zero-order valence-electron chi connectivity index (χ0n) is 8.68. The van der Waals surface area contributed by atoms with Crippen LogP contribution >= 0.6 is 34.5 Å². The quantitative estimate of drug-likeness (QED) is 0.667. The normalized spacial score (nSPS) is 14.6. The van der Waals surface area contributed by atoms with E-state index in [1.54, 1.807) is 12.3 Å². The number of halogens is 2. The molecule has 0 radical (unpaired) electrons. The summed E-state index contributed by atoms with van der Waals surface area (Å²) in [4.78, 5) is 15.4. The molecule has 4 nitrogen and oxygen atoms in total. The van der Waals surface area contributed by atoms with Crippen LogP contribution in [0.15, 0.2) is 5.38 Å². The minimum Gasteiger partial charge on any atom is -0.386 e. The average molecular weight is 284 g/mol. The van der Waals surface area contributed by atoms with Gasteiger partial charge in [-0.3, -0.25) is 9.63 Å². The molecule has 0 aromatic carbocycles. The zero-order valence-corrected chi connectivity index (χ0v) is 11.0. The fourth-order valence-corrected chi connectivity index (χ4v) is 2.55. The maximum atomic E-state index is 10.6.